The Morgan fingerprint density at radius 1 is 1.00 bits per heavy atom. The first-order valence-corrected chi connectivity index (χ1v) is 7.04. The fraction of sp³-hybridized carbons (Fsp3) is 0.625. The Bertz CT molecular complexity index is 402. The molecule has 2 fully saturated rings. The van der Waals surface area contributed by atoms with Gasteiger partial charge in [0.1, 0.15) is 0 Å². The van der Waals surface area contributed by atoms with E-state index in [0.717, 1.165) is 26.1 Å². The van der Waals surface area contributed by atoms with E-state index < -0.39 is 0 Å². The van der Waals surface area contributed by atoms with Crippen LogP contribution in [-0.4, -0.2) is 19.0 Å². The second kappa shape index (κ2) is 4.67. The summed E-state index contributed by atoms with van der Waals surface area (Å²) in [5, 5.41) is 0. The number of ether oxygens (including phenoxy) is 2. The Balaban J connectivity index is 1.76. The molecule has 1 saturated carbocycles. The minimum Gasteiger partial charge on any atom is -0.348 e. The second-order valence-electron chi connectivity index (χ2n) is 5.69. The molecule has 1 heterocycles. The van der Waals surface area contributed by atoms with E-state index in [9.17, 15) is 0 Å². The topological polar surface area (TPSA) is 18.5 Å². The van der Waals surface area contributed by atoms with Crippen LogP contribution in [0.2, 0.25) is 0 Å². The molecule has 0 amide bonds. The highest BCUT2D eigenvalue weighted by Gasteiger charge is 2.40. The monoisotopic (exact) mass is 246 g/mol. The zero-order valence-electron chi connectivity index (χ0n) is 11.4. The van der Waals surface area contributed by atoms with Crippen molar-refractivity contribution >= 4 is 0 Å². The molecular formula is C16H22O2. The van der Waals surface area contributed by atoms with Gasteiger partial charge in [-0.25, -0.2) is 0 Å². The fourth-order valence-corrected chi connectivity index (χ4v) is 3.60. The van der Waals surface area contributed by atoms with Crippen LogP contribution in [0.1, 0.15) is 48.3 Å². The molecule has 1 spiro atoms. The van der Waals surface area contributed by atoms with Gasteiger partial charge in [-0.2, -0.15) is 0 Å². The Morgan fingerprint density at radius 2 is 1.56 bits per heavy atom. The molecule has 2 nitrogen and oxygen atoms in total. The van der Waals surface area contributed by atoms with Gasteiger partial charge in [0.2, 0.25) is 0 Å². The molecule has 1 saturated heterocycles. The Hall–Kier alpha value is -0.860. The highest BCUT2D eigenvalue weighted by atomic mass is 16.7. The van der Waals surface area contributed by atoms with Crippen LogP contribution in [0.15, 0.2) is 18.2 Å². The van der Waals surface area contributed by atoms with Gasteiger partial charge in [-0.05, 0) is 49.3 Å². The van der Waals surface area contributed by atoms with E-state index in [1.165, 1.54) is 24.0 Å². The van der Waals surface area contributed by atoms with Gasteiger partial charge < -0.3 is 9.47 Å². The zero-order valence-corrected chi connectivity index (χ0v) is 11.4. The van der Waals surface area contributed by atoms with Crippen molar-refractivity contribution in [3.8, 4) is 0 Å². The highest BCUT2D eigenvalue weighted by Crippen LogP contribution is 2.43. The minimum absolute atomic E-state index is 0.229. The van der Waals surface area contributed by atoms with Crippen LogP contribution >= 0.6 is 0 Å². The van der Waals surface area contributed by atoms with Crippen molar-refractivity contribution in [3.63, 3.8) is 0 Å². The SMILES string of the molecule is Cc1cccc(C)c1C1CCC2(CC1)OCCO2. The molecule has 0 unspecified atom stereocenters. The molecular weight excluding hydrogens is 224 g/mol. The first-order chi connectivity index (χ1) is 8.70. The molecule has 1 aromatic carbocycles. The third kappa shape index (κ3) is 2.08. The summed E-state index contributed by atoms with van der Waals surface area (Å²) in [6.45, 7) is 6.01. The molecule has 1 aliphatic carbocycles. The molecule has 0 N–H and O–H groups in total. The summed E-state index contributed by atoms with van der Waals surface area (Å²) < 4.78 is 11.6. The van der Waals surface area contributed by atoms with Crippen LogP contribution in [0.3, 0.4) is 0 Å². The van der Waals surface area contributed by atoms with Crippen molar-refractivity contribution in [3.05, 3.63) is 34.9 Å². The maximum atomic E-state index is 5.80. The van der Waals surface area contributed by atoms with Crippen LogP contribution in [0.25, 0.3) is 0 Å². The fourth-order valence-electron chi connectivity index (χ4n) is 3.60. The lowest BCUT2D eigenvalue weighted by atomic mass is 9.78. The third-order valence-electron chi connectivity index (χ3n) is 4.51. The van der Waals surface area contributed by atoms with Gasteiger partial charge in [0.25, 0.3) is 0 Å². The number of benzene rings is 1. The van der Waals surface area contributed by atoms with E-state index >= 15 is 0 Å². The largest absolute Gasteiger partial charge is 0.348 e. The van der Waals surface area contributed by atoms with Crippen LogP contribution in [0.5, 0.6) is 0 Å². The summed E-state index contributed by atoms with van der Waals surface area (Å²) in [7, 11) is 0. The molecule has 2 heteroatoms. The van der Waals surface area contributed by atoms with Gasteiger partial charge in [0.15, 0.2) is 5.79 Å². The maximum absolute atomic E-state index is 5.80. The summed E-state index contributed by atoms with van der Waals surface area (Å²) in [4.78, 5) is 0. The van der Waals surface area contributed by atoms with Crippen LogP contribution < -0.4 is 0 Å². The predicted molar refractivity (Wildman–Crippen MR) is 71.8 cm³/mol. The molecule has 0 radical (unpaired) electrons. The van der Waals surface area contributed by atoms with Gasteiger partial charge in [0.05, 0.1) is 13.2 Å². The average Bonchev–Trinajstić information content (AvgIpc) is 2.80. The Kier molecular flexibility index (Phi) is 3.16. The average molecular weight is 246 g/mol. The molecule has 0 atom stereocenters. The van der Waals surface area contributed by atoms with Crippen molar-refractivity contribution in [1.82, 2.24) is 0 Å². The summed E-state index contributed by atoms with van der Waals surface area (Å²) in [5.74, 6) is 0.456. The summed E-state index contributed by atoms with van der Waals surface area (Å²) in [6, 6.07) is 6.62. The van der Waals surface area contributed by atoms with E-state index in [4.69, 9.17) is 9.47 Å². The summed E-state index contributed by atoms with van der Waals surface area (Å²) in [5.41, 5.74) is 4.43. The number of rotatable bonds is 1. The molecule has 98 valence electrons. The van der Waals surface area contributed by atoms with E-state index in [1.807, 2.05) is 0 Å². The molecule has 18 heavy (non-hydrogen) atoms. The second-order valence-corrected chi connectivity index (χ2v) is 5.69. The first-order valence-electron chi connectivity index (χ1n) is 7.04. The van der Waals surface area contributed by atoms with Crippen molar-refractivity contribution in [2.24, 2.45) is 0 Å². The quantitative estimate of drug-likeness (QED) is 0.752. The van der Waals surface area contributed by atoms with Gasteiger partial charge >= 0.3 is 0 Å². The van der Waals surface area contributed by atoms with Crippen LogP contribution in [0, 0.1) is 13.8 Å². The lowest BCUT2D eigenvalue weighted by Crippen LogP contribution is -2.34. The molecule has 0 bridgehead atoms. The van der Waals surface area contributed by atoms with Crippen molar-refractivity contribution in [2.75, 3.05) is 13.2 Å². The van der Waals surface area contributed by atoms with Crippen molar-refractivity contribution < 1.29 is 9.47 Å². The summed E-state index contributed by atoms with van der Waals surface area (Å²) >= 11 is 0. The Labute approximate surface area is 109 Å². The van der Waals surface area contributed by atoms with E-state index in [1.54, 1.807) is 5.56 Å². The van der Waals surface area contributed by atoms with Crippen molar-refractivity contribution in [1.29, 1.82) is 0 Å². The van der Waals surface area contributed by atoms with Gasteiger partial charge in [-0.3, -0.25) is 0 Å². The first kappa shape index (κ1) is 12.2. The van der Waals surface area contributed by atoms with Gasteiger partial charge in [-0.15, -0.1) is 0 Å². The van der Waals surface area contributed by atoms with Gasteiger partial charge in [0, 0.05) is 12.8 Å². The van der Waals surface area contributed by atoms with Crippen LogP contribution in [0.4, 0.5) is 0 Å². The van der Waals surface area contributed by atoms with E-state index in [0.29, 0.717) is 5.92 Å². The lowest BCUT2D eigenvalue weighted by Gasteiger charge is -2.36. The highest BCUT2D eigenvalue weighted by molar-refractivity contribution is 5.36. The molecule has 3 rings (SSSR count). The number of aryl methyl sites for hydroxylation is 2. The number of hydrogen-bond acceptors (Lipinski definition) is 2. The Morgan fingerprint density at radius 3 is 2.11 bits per heavy atom. The molecule has 1 aliphatic heterocycles. The van der Waals surface area contributed by atoms with Crippen molar-refractivity contribution in [2.45, 2.75) is 51.2 Å². The summed E-state index contributed by atoms with van der Waals surface area (Å²) in [6.07, 6.45) is 4.47. The normalized spacial score (nSPS) is 23.7. The van der Waals surface area contributed by atoms with E-state index in [2.05, 4.69) is 32.0 Å². The minimum atomic E-state index is -0.229. The predicted octanol–water partition coefficient (Wildman–Crippen LogP) is 3.70. The molecule has 1 aromatic rings. The smallest absolute Gasteiger partial charge is 0.168 e. The maximum Gasteiger partial charge on any atom is 0.168 e. The zero-order chi connectivity index (χ0) is 12.6. The van der Waals surface area contributed by atoms with Crippen LogP contribution in [-0.2, 0) is 9.47 Å². The number of hydrogen-bond donors (Lipinski definition) is 0. The van der Waals surface area contributed by atoms with E-state index in [-0.39, 0.29) is 5.79 Å². The van der Waals surface area contributed by atoms with Gasteiger partial charge in [-0.1, -0.05) is 18.2 Å². The molecule has 0 aromatic heterocycles. The standard InChI is InChI=1S/C16H22O2/c1-12-4-3-5-13(2)15(12)14-6-8-16(9-7-14)17-10-11-18-16/h3-5,14H,6-11H2,1-2H3. The molecule has 2 aliphatic rings. The third-order valence-corrected chi connectivity index (χ3v) is 4.51. The lowest BCUT2D eigenvalue weighted by molar-refractivity contribution is -0.178.